The summed E-state index contributed by atoms with van der Waals surface area (Å²) in [4.78, 5) is 0. The highest BCUT2D eigenvalue weighted by Crippen LogP contribution is 2.38. The van der Waals surface area contributed by atoms with Crippen LogP contribution in [0.2, 0.25) is 0 Å². The molecule has 1 aromatic rings. The predicted molar refractivity (Wildman–Crippen MR) is 78.8 cm³/mol. The minimum atomic E-state index is -0.0459. The number of rotatable bonds is 3. The summed E-state index contributed by atoms with van der Waals surface area (Å²) in [6.07, 6.45) is 4.96. The molecule has 2 rings (SSSR count). The van der Waals surface area contributed by atoms with Crippen LogP contribution in [-0.4, -0.2) is 7.05 Å². The first-order valence-corrected chi connectivity index (χ1v) is 7.46. The van der Waals surface area contributed by atoms with Gasteiger partial charge in [0, 0.05) is 11.6 Å². The molecule has 1 aromatic carbocycles. The Labute approximate surface area is 116 Å². The molecule has 1 aliphatic carbocycles. The van der Waals surface area contributed by atoms with E-state index in [0.717, 1.165) is 22.6 Å². The van der Waals surface area contributed by atoms with Crippen molar-refractivity contribution in [1.82, 2.24) is 5.32 Å². The van der Waals surface area contributed by atoms with E-state index in [1.165, 1.54) is 25.7 Å². The largest absolute Gasteiger partial charge is 0.313 e. The third-order valence-corrected chi connectivity index (χ3v) is 4.63. The maximum atomic E-state index is 14.3. The average Bonchev–Trinajstić information content (AvgIpc) is 2.35. The van der Waals surface area contributed by atoms with Gasteiger partial charge in [0.1, 0.15) is 5.82 Å². The van der Waals surface area contributed by atoms with Gasteiger partial charge in [0.25, 0.3) is 0 Å². The van der Waals surface area contributed by atoms with Crippen molar-refractivity contribution in [2.24, 2.45) is 11.8 Å². The van der Waals surface area contributed by atoms with Crippen LogP contribution in [0.15, 0.2) is 12.1 Å². The molecule has 1 unspecified atom stereocenters. The van der Waals surface area contributed by atoms with Crippen LogP contribution < -0.4 is 5.32 Å². The van der Waals surface area contributed by atoms with Gasteiger partial charge in [0.2, 0.25) is 0 Å². The third-order valence-electron chi connectivity index (χ3n) is 4.63. The maximum Gasteiger partial charge on any atom is 0.128 e. The van der Waals surface area contributed by atoms with Gasteiger partial charge in [-0.3, -0.25) is 0 Å². The quantitative estimate of drug-likeness (QED) is 0.845. The first-order chi connectivity index (χ1) is 9.02. The molecule has 0 aromatic heterocycles. The lowest BCUT2D eigenvalue weighted by Crippen LogP contribution is -2.29. The molecule has 0 bridgehead atoms. The number of nitrogens with one attached hydrogen (secondary N) is 1. The molecule has 1 atom stereocenters. The Bertz CT molecular complexity index is 410. The van der Waals surface area contributed by atoms with E-state index >= 15 is 0 Å². The van der Waals surface area contributed by atoms with E-state index in [0.29, 0.717) is 5.92 Å². The van der Waals surface area contributed by atoms with Crippen LogP contribution in [0.1, 0.15) is 55.3 Å². The van der Waals surface area contributed by atoms with Gasteiger partial charge in [-0.15, -0.1) is 0 Å². The molecule has 1 nitrogen and oxygen atoms in total. The standard InChI is InChI=1S/C17H26FN/c1-11-5-7-14(8-6-11)17(19-4)16-13(3)9-12(2)10-15(16)18/h9-11,14,17,19H,5-8H2,1-4H3. The first kappa shape index (κ1) is 14.5. The van der Waals surface area contributed by atoms with Crippen LogP contribution in [0.25, 0.3) is 0 Å². The maximum absolute atomic E-state index is 14.3. The van der Waals surface area contributed by atoms with Crippen molar-refractivity contribution in [1.29, 1.82) is 0 Å². The second kappa shape index (κ2) is 6.04. The van der Waals surface area contributed by atoms with Crippen molar-refractivity contribution in [3.63, 3.8) is 0 Å². The Morgan fingerprint density at radius 1 is 1.16 bits per heavy atom. The lowest BCUT2D eigenvalue weighted by Gasteiger charge is -2.34. The molecule has 1 N–H and O–H groups in total. The molecule has 1 aliphatic rings. The van der Waals surface area contributed by atoms with Crippen LogP contribution in [-0.2, 0) is 0 Å². The molecule has 0 radical (unpaired) electrons. The highest BCUT2D eigenvalue weighted by molar-refractivity contribution is 5.34. The fourth-order valence-corrected chi connectivity index (χ4v) is 3.56. The van der Waals surface area contributed by atoms with E-state index in [-0.39, 0.29) is 11.9 Å². The fraction of sp³-hybridized carbons (Fsp3) is 0.647. The fourth-order valence-electron chi connectivity index (χ4n) is 3.56. The minimum absolute atomic E-state index is 0.0459. The lowest BCUT2D eigenvalue weighted by molar-refractivity contribution is 0.234. The molecule has 1 fully saturated rings. The number of hydrogen-bond donors (Lipinski definition) is 1. The molecular weight excluding hydrogens is 237 g/mol. The van der Waals surface area contributed by atoms with Gasteiger partial charge in [-0.1, -0.05) is 25.8 Å². The summed E-state index contributed by atoms with van der Waals surface area (Å²) in [5, 5.41) is 3.36. The molecule has 0 spiro atoms. The minimum Gasteiger partial charge on any atom is -0.313 e. The summed E-state index contributed by atoms with van der Waals surface area (Å²) in [5.74, 6) is 1.35. The van der Waals surface area contributed by atoms with Crippen LogP contribution in [0.5, 0.6) is 0 Å². The monoisotopic (exact) mass is 263 g/mol. The number of hydrogen-bond acceptors (Lipinski definition) is 1. The Morgan fingerprint density at radius 2 is 1.79 bits per heavy atom. The molecule has 0 saturated heterocycles. The van der Waals surface area contributed by atoms with Crippen molar-refractivity contribution in [3.05, 3.63) is 34.6 Å². The summed E-state index contributed by atoms with van der Waals surface area (Å²) in [5.41, 5.74) is 2.97. The van der Waals surface area contributed by atoms with Crippen molar-refractivity contribution >= 4 is 0 Å². The molecular formula is C17H26FN. The Morgan fingerprint density at radius 3 is 2.32 bits per heavy atom. The van der Waals surface area contributed by atoms with Gasteiger partial charge in [-0.2, -0.15) is 0 Å². The lowest BCUT2D eigenvalue weighted by atomic mass is 9.76. The van der Waals surface area contributed by atoms with E-state index in [1.807, 2.05) is 20.9 Å². The number of halogens is 1. The normalized spacial score (nSPS) is 25.3. The first-order valence-electron chi connectivity index (χ1n) is 7.46. The van der Waals surface area contributed by atoms with Gasteiger partial charge in [0.15, 0.2) is 0 Å². The third kappa shape index (κ3) is 3.17. The Balaban J connectivity index is 2.27. The van der Waals surface area contributed by atoms with Crippen LogP contribution in [0, 0.1) is 31.5 Å². The van der Waals surface area contributed by atoms with E-state index < -0.39 is 0 Å². The topological polar surface area (TPSA) is 12.0 Å². The van der Waals surface area contributed by atoms with Crippen LogP contribution in [0.4, 0.5) is 4.39 Å². The van der Waals surface area contributed by atoms with E-state index in [4.69, 9.17) is 0 Å². The average molecular weight is 263 g/mol. The van der Waals surface area contributed by atoms with Crippen LogP contribution >= 0.6 is 0 Å². The SMILES string of the molecule is CNC(c1c(C)cc(C)cc1F)C1CCC(C)CC1. The summed E-state index contributed by atoms with van der Waals surface area (Å²) in [7, 11) is 1.96. The Hall–Kier alpha value is -0.890. The van der Waals surface area contributed by atoms with Crippen molar-refractivity contribution in [2.45, 2.75) is 52.5 Å². The van der Waals surface area contributed by atoms with E-state index in [2.05, 4.69) is 18.3 Å². The second-order valence-electron chi connectivity index (χ2n) is 6.26. The zero-order chi connectivity index (χ0) is 14.0. The predicted octanol–water partition coefficient (Wildman–Crippen LogP) is 4.53. The van der Waals surface area contributed by atoms with Crippen molar-refractivity contribution in [3.8, 4) is 0 Å². The second-order valence-corrected chi connectivity index (χ2v) is 6.26. The van der Waals surface area contributed by atoms with E-state index in [1.54, 1.807) is 6.07 Å². The molecule has 2 heteroatoms. The molecule has 1 saturated carbocycles. The highest BCUT2D eigenvalue weighted by Gasteiger charge is 2.28. The van der Waals surface area contributed by atoms with Crippen molar-refractivity contribution in [2.75, 3.05) is 7.05 Å². The summed E-state index contributed by atoms with van der Waals surface area (Å²) >= 11 is 0. The molecule has 0 amide bonds. The zero-order valence-electron chi connectivity index (χ0n) is 12.6. The molecule has 19 heavy (non-hydrogen) atoms. The molecule has 0 heterocycles. The van der Waals surface area contributed by atoms with E-state index in [9.17, 15) is 4.39 Å². The molecule has 0 aliphatic heterocycles. The zero-order valence-corrected chi connectivity index (χ0v) is 12.6. The summed E-state index contributed by atoms with van der Waals surface area (Å²) < 4.78 is 14.3. The summed E-state index contributed by atoms with van der Waals surface area (Å²) in [6.45, 7) is 6.31. The van der Waals surface area contributed by atoms with Crippen molar-refractivity contribution < 1.29 is 4.39 Å². The van der Waals surface area contributed by atoms with Gasteiger partial charge >= 0.3 is 0 Å². The Kier molecular flexibility index (Phi) is 4.62. The van der Waals surface area contributed by atoms with Gasteiger partial charge in [-0.25, -0.2) is 4.39 Å². The molecule has 106 valence electrons. The van der Waals surface area contributed by atoms with Gasteiger partial charge in [0.05, 0.1) is 0 Å². The van der Waals surface area contributed by atoms with Gasteiger partial charge < -0.3 is 5.32 Å². The van der Waals surface area contributed by atoms with Crippen LogP contribution in [0.3, 0.4) is 0 Å². The number of aryl methyl sites for hydroxylation is 2. The summed E-state index contributed by atoms with van der Waals surface area (Å²) in [6, 6.07) is 3.92. The van der Waals surface area contributed by atoms with Gasteiger partial charge in [-0.05, 0) is 62.8 Å². The number of benzene rings is 1. The smallest absolute Gasteiger partial charge is 0.128 e. The highest BCUT2D eigenvalue weighted by atomic mass is 19.1.